The van der Waals surface area contributed by atoms with Gasteiger partial charge >= 0.3 is 5.97 Å². The summed E-state index contributed by atoms with van der Waals surface area (Å²) in [5.74, 6) is 1.58. The first-order valence-electron chi connectivity index (χ1n) is 6.80. The number of ether oxygens (including phenoxy) is 1. The van der Waals surface area contributed by atoms with Gasteiger partial charge in [0.1, 0.15) is 5.75 Å². The number of aromatic carboxylic acids is 1. The van der Waals surface area contributed by atoms with E-state index in [1.54, 1.807) is 6.92 Å². The van der Waals surface area contributed by atoms with Crippen LogP contribution in [-0.2, 0) is 10.0 Å². The molecule has 0 unspecified atom stereocenters. The number of carboxylic acid groups (broad SMARTS) is 1. The number of nitrogens with one attached hydrogen (secondary N) is 1. The van der Waals surface area contributed by atoms with Gasteiger partial charge in [0.05, 0.1) is 23.3 Å². The number of hydrogen-bond acceptors (Lipinski definition) is 4. The maximum atomic E-state index is 12.5. The van der Waals surface area contributed by atoms with Crippen molar-refractivity contribution in [3.8, 4) is 18.1 Å². The van der Waals surface area contributed by atoms with Gasteiger partial charge in [0.2, 0.25) is 0 Å². The fourth-order valence-corrected chi connectivity index (χ4v) is 3.27. The number of carbonyl (C=O) groups is 1. The van der Waals surface area contributed by atoms with Crippen molar-refractivity contribution in [3.63, 3.8) is 0 Å². The Labute approximate surface area is 140 Å². The van der Waals surface area contributed by atoms with E-state index in [-0.39, 0.29) is 16.1 Å². The van der Waals surface area contributed by atoms with E-state index < -0.39 is 16.0 Å². The van der Waals surface area contributed by atoms with Crippen LogP contribution in [0.4, 0.5) is 5.69 Å². The average Bonchev–Trinajstić information content (AvgIpc) is 2.56. The molecule has 0 radical (unpaired) electrons. The SMILES string of the molecule is C#Cc1cc(C)c(NS(=O)(=O)c2ccc(OC)cc2)c(C(=O)O)c1. The zero-order valence-electron chi connectivity index (χ0n) is 13.0. The van der Waals surface area contributed by atoms with Crippen molar-refractivity contribution in [2.75, 3.05) is 11.8 Å². The van der Waals surface area contributed by atoms with Crippen LogP contribution in [-0.4, -0.2) is 26.6 Å². The Balaban J connectivity index is 2.49. The minimum atomic E-state index is -3.96. The molecular formula is C17H15NO5S. The molecule has 0 atom stereocenters. The van der Waals surface area contributed by atoms with Crippen molar-refractivity contribution in [2.45, 2.75) is 11.8 Å². The molecule has 0 bridgehead atoms. The molecule has 24 heavy (non-hydrogen) atoms. The first-order valence-corrected chi connectivity index (χ1v) is 8.28. The quantitative estimate of drug-likeness (QED) is 0.812. The Bertz CT molecular complexity index is 925. The van der Waals surface area contributed by atoms with Gasteiger partial charge in [0.15, 0.2) is 0 Å². The molecule has 0 saturated heterocycles. The highest BCUT2D eigenvalue weighted by atomic mass is 32.2. The highest BCUT2D eigenvalue weighted by Crippen LogP contribution is 2.26. The number of methoxy groups -OCH3 is 1. The second kappa shape index (κ2) is 6.64. The van der Waals surface area contributed by atoms with Crippen LogP contribution in [0.2, 0.25) is 0 Å². The molecule has 2 aromatic carbocycles. The average molecular weight is 345 g/mol. The third kappa shape index (κ3) is 3.50. The Kier molecular flexibility index (Phi) is 4.81. The van der Waals surface area contributed by atoms with E-state index in [0.29, 0.717) is 16.9 Å². The number of hydrogen-bond donors (Lipinski definition) is 2. The zero-order valence-corrected chi connectivity index (χ0v) is 13.8. The van der Waals surface area contributed by atoms with Crippen LogP contribution >= 0.6 is 0 Å². The topological polar surface area (TPSA) is 92.7 Å². The summed E-state index contributed by atoms with van der Waals surface area (Å²) in [6.45, 7) is 1.58. The van der Waals surface area contributed by atoms with Gasteiger partial charge in [-0.15, -0.1) is 6.42 Å². The highest BCUT2D eigenvalue weighted by molar-refractivity contribution is 7.92. The molecule has 2 aromatic rings. The third-order valence-corrected chi connectivity index (χ3v) is 4.70. The minimum absolute atomic E-state index is 0.0138. The summed E-state index contributed by atoms with van der Waals surface area (Å²) in [5.41, 5.74) is 0.551. The summed E-state index contributed by atoms with van der Waals surface area (Å²) in [4.78, 5) is 11.4. The summed E-state index contributed by atoms with van der Waals surface area (Å²) in [5, 5.41) is 9.33. The Morgan fingerprint density at radius 2 is 1.88 bits per heavy atom. The van der Waals surface area contributed by atoms with Crippen molar-refractivity contribution < 1.29 is 23.1 Å². The first kappa shape index (κ1) is 17.4. The van der Waals surface area contributed by atoms with Gasteiger partial charge in [-0.05, 0) is 48.9 Å². The monoisotopic (exact) mass is 345 g/mol. The summed E-state index contributed by atoms with van der Waals surface area (Å²) in [6.07, 6.45) is 5.29. The number of rotatable bonds is 5. The second-order valence-electron chi connectivity index (χ2n) is 4.95. The van der Waals surface area contributed by atoms with Gasteiger partial charge in [-0.1, -0.05) is 5.92 Å². The lowest BCUT2D eigenvalue weighted by molar-refractivity contribution is 0.0698. The molecule has 0 spiro atoms. The molecule has 0 amide bonds. The fourth-order valence-electron chi connectivity index (χ4n) is 2.12. The Hall–Kier alpha value is -2.98. The van der Waals surface area contributed by atoms with Crippen LogP contribution in [0.1, 0.15) is 21.5 Å². The number of sulfonamides is 1. The normalized spacial score (nSPS) is 10.7. The Morgan fingerprint density at radius 1 is 1.25 bits per heavy atom. The molecule has 0 aliphatic heterocycles. The smallest absolute Gasteiger partial charge is 0.337 e. The van der Waals surface area contributed by atoms with E-state index in [9.17, 15) is 18.3 Å². The molecule has 0 aliphatic rings. The number of carboxylic acids is 1. The minimum Gasteiger partial charge on any atom is -0.497 e. The zero-order chi connectivity index (χ0) is 17.9. The molecule has 7 heteroatoms. The predicted octanol–water partition coefficient (Wildman–Crippen LogP) is 2.48. The Morgan fingerprint density at radius 3 is 2.38 bits per heavy atom. The van der Waals surface area contributed by atoms with Crippen LogP contribution in [0.15, 0.2) is 41.3 Å². The van der Waals surface area contributed by atoms with Crippen molar-refractivity contribution in [3.05, 3.63) is 53.1 Å². The van der Waals surface area contributed by atoms with E-state index in [4.69, 9.17) is 11.2 Å². The van der Waals surface area contributed by atoms with Crippen molar-refractivity contribution in [2.24, 2.45) is 0 Å². The van der Waals surface area contributed by atoms with E-state index in [1.807, 2.05) is 0 Å². The molecular weight excluding hydrogens is 330 g/mol. The second-order valence-corrected chi connectivity index (χ2v) is 6.63. The summed E-state index contributed by atoms with van der Waals surface area (Å²) in [7, 11) is -2.49. The molecule has 0 heterocycles. The molecule has 2 rings (SSSR count). The van der Waals surface area contributed by atoms with Crippen LogP contribution < -0.4 is 9.46 Å². The van der Waals surface area contributed by atoms with E-state index >= 15 is 0 Å². The molecule has 124 valence electrons. The van der Waals surface area contributed by atoms with Crippen LogP contribution in [0.25, 0.3) is 0 Å². The van der Waals surface area contributed by atoms with Gasteiger partial charge in [-0.25, -0.2) is 13.2 Å². The van der Waals surface area contributed by atoms with Gasteiger partial charge in [0.25, 0.3) is 10.0 Å². The van der Waals surface area contributed by atoms with Gasteiger partial charge in [-0.2, -0.15) is 0 Å². The lowest BCUT2D eigenvalue weighted by Gasteiger charge is -2.14. The van der Waals surface area contributed by atoms with E-state index in [0.717, 1.165) is 0 Å². The van der Waals surface area contributed by atoms with Crippen molar-refractivity contribution in [1.82, 2.24) is 0 Å². The number of anilines is 1. The maximum Gasteiger partial charge on any atom is 0.337 e. The van der Waals surface area contributed by atoms with Crippen LogP contribution in [0, 0.1) is 19.3 Å². The van der Waals surface area contributed by atoms with Crippen molar-refractivity contribution >= 4 is 21.7 Å². The lowest BCUT2D eigenvalue weighted by atomic mass is 10.0. The van der Waals surface area contributed by atoms with E-state index in [2.05, 4.69) is 10.6 Å². The molecule has 0 fully saturated rings. The summed E-state index contributed by atoms with van der Waals surface area (Å²) >= 11 is 0. The molecule has 6 nitrogen and oxygen atoms in total. The largest absolute Gasteiger partial charge is 0.497 e. The molecule has 0 aromatic heterocycles. The van der Waals surface area contributed by atoms with Crippen LogP contribution in [0.5, 0.6) is 5.75 Å². The predicted molar refractivity (Wildman–Crippen MR) is 89.9 cm³/mol. The number of aryl methyl sites for hydroxylation is 1. The highest BCUT2D eigenvalue weighted by Gasteiger charge is 2.21. The van der Waals surface area contributed by atoms with Gasteiger partial charge < -0.3 is 9.84 Å². The number of benzene rings is 2. The van der Waals surface area contributed by atoms with Gasteiger partial charge in [-0.3, -0.25) is 4.72 Å². The van der Waals surface area contributed by atoms with Crippen LogP contribution in [0.3, 0.4) is 0 Å². The maximum absolute atomic E-state index is 12.5. The number of terminal acetylenes is 1. The lowest BCUT2D eigenvalue weighted by Crippen LogP contribution is -2.17. The standard InChI is InChI=1S/C17H15NO5S/c1-4-12-9-11(2)16(15(10-12)17(19)20)18-24(21,22)14-7-5-13(23-3)6-8-14/h1,5-10,18H,2-3H3,(H,19,20). The first-order chi connectivity index (χ1) is 11.3. The summed E-state index contributed by atoms with van der Waals surface area (Å²) in [6, 6.07) is 8.53. The molecule has 2 N–H and O–H groups in total. The molecule has 0 saturated carbocycles. The van der Waals surface area contributed by atoms with Crippen molar-refractivity contribution in [1.29, 1.82) is 0 Å². The molecule has 0 aliphatic carbocycles. The third-order valence-electron chi connectivity index (χ3n) is 3.34. The van der Waals surface area contributed by atoms with E-state index in [1.165, 1.54) is 43.5 Å². The fraction of sp³-hybridized carbons (Fsp3) is 0.118. The summed E-state index contributed by atoms with van der Waals surface area (Å²) < 4.78 is 32.3. The van der Waals surface area contributed by atoms with Gasteiger partial charge in [0, 0.05) is 5.56 Å².